The molecule has 1 unspecified atom stereocenters. The maximum absolute atomic E-state index is 12.0. The van der Waals surface area contributed by atoms with Gasteiger partial charge < -0.3 is 54.5 Å². The van der Waals surface area contributed by atoms with Gasteiger partial charge in [0.05, 0.1) is 25.9 Å². The number of halogens is 1. The van der Waals surface area contributed by atoms with Crippen LogP contribution in [0.15, 0.2) is 61.2 Å². The van der Waals surface area contributed by atoms with Crippen molar-refractivity contribution in [3.8, 4) is 11.5 Å². The van der Waals surface area contributed by atoms with Crippen LogP contribution < -0.4 is 30.7 Å². The third-order valence-electron chi connectivity index (χ3n) is 14.2. The molecular weight excluding hydrogens is 1000 g/mol. The fraction of sp³-hybridized carbons (Fsp3) is 0.579. The highest BCUT2D eigenvalue weighted by molar-refractivity contribution is 5.86. The molecule has 0 radical (unpaired) electrons. The summed E-state index contributed by atoms with van der Waals surface area (Å²) in [6, 6.07) is 16.5. The minimum absolute atomic E-state index is 0. The molecule has 0 bridgehead atoms. The fourth-order valence-electron chi connectivity index (χ4n) is 9.85. The molecule has 2 aromatic carbocycles. The highest BCUT2D eigenvalue weighted by Gasteiger charge is 2.21. The second kappa shape index (κ2) is 31.3. The first-order valence-electron chi connectivity index (χ1n) is 28.0. The van der Waals surface area contributed by atoms with Gasteiger partial charge in [-0.1, -0.05) is 64.2 Å². The molecular formula is C57H81ClN12O7. The molecule has 2 aliphatic carbocycles. The normalized spacial score (nSPS) is 16.0. The third kappa shape index (κ3) is 18.8. The summed E-state index contributed by atoms with van der Waals surface area (Å²) in [5.41, 5.74) is 4.97. The summed E-state index contributed by atoms with van der Waals surface area (Å²) in [6.07, 6.45) is 27.3. The van der Waals surface area contributed by atoms with Crippen LogP contribution in [0.2, 0.25) is 0 Å². The third-order valence-corrected chi connectivity index (χ3v) is 14.2. The minimum Gasteiger partial charge on any atom is -0.494 e. The van der Waals surface area contributed by atoms with E-state index in [2.05, 4.69) is 36.2 Å². The maximum Gasteiger partial charge on any atom is 0.231 e. The van der Waals surface area contributed by atoms with Gasteiger partial charge in [0, 0.05) is 57.0 Å². The number of carbonyl (C=O) groups excluding carboxylic acids is 2. The van der Waals surface area contributed by atoms with E-state index in [9.17, 15) is 9.59 Å². The van der Waals surface area contributed by atoms with Gasteiger partial charge in [0.15, 0.2) is 51.8 Å². The monoisotopic (exact) mass is 1080 g/mol. The van der Waals surface area contributed by atoms with Crippen molar-refractivity contribution in [2.24, 2.45) is 14.1 Å². The number of benzene rings is 2. The maximum atomic E-state index is 12.0. The minimum atomic E-state index is -0.351. The van der Waals surface area contributed by atoms with E-state index in [4.69, 9.17) is 39.0 Å². The van der Waals surface area contributed by atoms with Gasteiger partial charge in [0.2, 0.25) is 11.9 Å². The standard InChI is InChI=1S/C31H44N6O4.C26H36N6O3.ClH/c1-37-22-32-28-29(33-23-11-5-4-6-12-23)35-31(36-30(28)37)34-24-15-17-26(18-16-24)39-19-9-3-2-7-13-25(38)21-41-27-14-8-10-20-40-27;1-32-18-27-23-24(28-19-9-5-4-6-10-19)30-26(31-25(23)32)29-20-12-14-22(15-13-20)35-16-8-3-2-7-11-21(34)17-33;/h15-18,22-23,27H,2-14,19-21H2,1H3,(H2,33,34,35,36);12-15,18-19,33H,2-11,16-17H2,1H3,(H2,28,29,30,31);1H. The lowest BCUT2D eigenvalue weighted by Gasteiger charge is -2.23. The van der Waals surface area contributed by atoms with Crippen LogP contribution in [-0.4, -0.2) is 107 Å². The number of carbonyl (C=O) groups is 2. The molecule has 1 saturated heterocycles. The Hall–Kier alpha value is -6.15. The zero-order valence-corrected chi connectivity index (χ0v) is 46.0. The van der Waals surface area contributed by atoms with Crippen LogP contribution >= 0.6 is 12.4 Å². The lowest BCUT2D eigenvalue weighted by atomic mass is 9.95. The number of ether oxygens (including phenoxy) is 4. The summed E-state index contributed by atoms with van der Waals surface area (Å²) < 4.78 is 26.7. The quantitative estimate of drug-likeness (QED) is 0.0288. The Balaban J connectivity index is 0.000000224. The number of unbranched alkanes of at least 4 members (excludes halogenated alkanes) is 6. The zero-order valence-electron chi connectivity index (χ0n) is 45.2. The van der Waals surface area contributed by atoms with Crippen LogP contribution in [0.4, 0.5) is 34.9 Å². The highest BCUT2D eigenvalue weighted by Crippen LogP contribution is 2.30. The van der Waals surface area contributed by atoms with Crippen molar-refractivity contribution in [1.29, 1.82) is 0 Å². The Morgan fingerprint density at radius 1 is 0.584 bits per heavy atom. The number of hydrogen-bond acceptors (Lipinski definition) is 17. The summed E-state index contributed by atoms with van der Waals surface area (Å²) in [5, 5.41) is 22.6. The summed E-state index contributed by atoms with van der Waals surface area (Å²) in [7, 11) is 3.89. The summed E-state index contributed by atoms with van der Waals surface area (Å²) >= 11 is 0. The molecule has 6 aromatic rings. The van der Waals surface area contributed by atoms with Crippen molar-refractivity contribution in [3.63, 3.8) is 0 Å². The molecule has 5 heterocycles. The van der Waals surface area contributed by atoms with Crippen molar-refractivity contribution in [2.75, 3.05) is 54.3 Å². The number of nitrogens with one attached hydrogen (secondary N) is 4. The molecule has 1 aliphatic heterocycles. The van der Waals surface area contributed by atoms with Crippen LogP contribution in [-0.2, 0) is 33.2 Å². The molecule has 0 amide bonds. The summed E-state index contributed by atoms with van der Waals surface area (Å²) in [6.45, 7) is 1.84. The van der Waals surface area contributed by atoms with Gasteiger partial charge in [-0.3, -0.25) is 9.59 Å². The highest BCUT2D eigenvalue weighted by atomic mass is 35.5. The molecule has 0 spiro atoms. The number of aliphatic hydroxyl groups is 1. The average molecular weight is 1080 g/mol. The van der Waals surface area contributed by atoms with Crippen LogP contribution in [0.3, 0.4) is 0 Å². The molecule has 5 N–H and O–H groups in total. The van der Waals surface area contributed by atoms with Crippen LogP contribution in [0.5, 0.6) is 11.5 Å². The van der Waals surface area contributed by atoms with E-state index < -0.39 is 0 Å². The number of aryl methyl sites for hydroxylation is 2. The molecule has 9 rings (SSSR count). The molecule has 3 fully saturated rings. The molecule has 418 valence electrons. The Kier molecular flexibility index (Phi) is 23.8. The van der Waals surface area contributed by atoms with Crippen LogP contribution in [0, 0.1) is 0 Å². The SMILES string of the molecule is Cl.Cn1cnc2c(NC3CCCCC3)nc(Nc3ccc(OCCCCCCC(=O)CO)cc3)nc21.Cn1cnc2c(NC3CCCCC3)nc(Nc3ccc(OCCCCCCC(=O)COC4CCCCO4)cc3)nc21. The first kappa shape index (κ1) is 58.5. The molecule has 4 aromatic heterocycles. The van der Waals surface area contributed by atoms with Crippen molar-refractivity contribution in [1.82, 2.24) is 39.0 Å². The number of Topliss-reactive ketones (excluding diaryl/α,β-unsaturated/α-hetero) is 2. The van der Waals surface area contributed by atoms with Gasteiger partial charge in [-0.15, -0.1) is 12.4 Å². The predicted molar refractivity (Wildman–Crippen MR) is 304 cm³/mol. The van der Waals surface area contributed by atoms with Crippen molar-refractivity contribution >= 4 is 81.2 Å². The first-order chi connectivity index (χ1) is 37.3. The zero-order chi connectivity index (χ0) is 52.7. The first-order valence-corrected chi connectivity index (χ1v) is 28.0. The Labute approximate surface area is 459 Å². The summed E-state index contributed by atoms with van der Waals surface area (Å²) in [4.78, 5) is 51.1. The molecule has 20 heteroatoms. The van der Waals surface area contributed by atoms with E-state index in [-0.39, 0.29) is 43.5 Å². The van der Waals surface area contributed by atoms with Crippen LogP contribution in [0.1, 0.15) is 148 Å². The van der Waals surface area contributed by atoms with Crippen LogP contribution in [0.25, 0.3) is 22.3 Å². The second-order valence-corrected chi connectivity index (χ2v) is 20.5. The number of aliphatic hydroxyl groups excluding tert-OH is 1. The van der Waals surface area contributed by atoms with Gasteiger partial charge in [-0.25, -0.2) is 9.97 Å². The number of imidazole rings is 2. The Morgan fingerprint density at radius 2 is 1.04 bits per heavy atom. The Bertz CT molecular complexity index is 2700. The number of nitrogens with zero attached hydrogens (tertiary/aromatic N) is 8. The molecule has 1 atom stereocenters. The topological polar surface area (TPSA) is 227 Å². The number of anilines is 6. The van der Waals surface area contributed by atoms with Crippen molar-refractivity contribution in [3.05, 3.63) is 61.2 Å². The Morgan fingerprint density at radius 3 is 1.49 bits per heavy atom. The van der Waals surface area contributed by atoms with E-state index in [1.807, 2.05) is 71.8 Å². The van der Waals surface area contributed by atoms with Crippen molar-refractivity contribution in [2.45, 2.75) is 166 Å². The van der Waals surface area contributed by atoms with E-state index >= 15 is 0 Å². The van der Waals surface area contributed by atoms with Gasteiger partial charge in [-0.05, 0) is 119 Å². The predicted octanol–water partition coefficient (Wildman–Crippen LogP) is 11.5. The van der Waals surface area contributed by atoms with E-state index in [0.29, 0.717) is 50.0 Å². The molecule has 77 heavy (non-hydrogen) atoms. The average Bonchev–Trinajstić information content (AvgIpc) is 4.03. The molecule has 2 saturated carbocycles. The molecule has 3 aliphatic rings. The fourth-order valence-corrected chi connectivity index (χ4v) is 9.85. The number of fused-ring (bicyclic) bond motifs is 2. The largest absolute Gasteiger partial charge is 0.494 e. The number of hydrogen-bond donors (Lipinski definition) is 5. The number of ketones is 2. The molecule has 19 nitrogen and oxygen atoms in total. The number of rotatable bonds is 28. The number of aromatic nitrogens is 8. The van der Waals surface area contributed by atoms with Gasteiger partial charge in [0.25, 0.3) is 0 Å². The smallest absolute Gasteiger partial charge is 0.231 e. The lowest BCUT2D eigenvalue weighted by molar-refractivity contribution is -0.169. The van der Waals surface area contributed by atoms with Gasteiger partial charge in [-0.2, -0.15) is 19.9 Å². The summed E-state index contributed by atoms with van der Waals surface area (Å²) in [5.74, 6) is 4.36. The second-order valence-electron chi connectivity index (χ2n) is 20.5. The van der Waals surface area contributed by atoms with E-state index in [0.717, 1.165) is 160 Å². The van der Waals surface area contributed by atoms with E-state index in [1.165, 1.54) is 38.5 Å². The van der Waals surface area contributed by atoms with Gasteiger partial charge >= 0.3 is 0 Å². The van der Waals surface area contributed by atoms with Gasteiger partial charge in [0.1, 0.15) is 24.7 Å². The van der Waals surface area contributed by atoms with Crippen molar-refractivity contribution < 1.29 is 33.6 Å². The van der Waals surface area contributed by atoms with E-state index in [1.54, 1.807) is 12.7 Å². The lowest BCUT2D eigenvalue weighted by Crippen LogP contribution is -2.25.